The van der Waals surface area contributed by atoms with Gasteiger partial charge in [0.15, 0.2) is 11.5 Å². The molecule has 0 saturated carbocycles. The second-order valence-corrected chi connectivity index (χ2v) is 8.18. The van der Waals surface area contributed by atoms with Gasteiger partial charge in [0.05, 0.1) is 6.04 Å². The number of benzene rings is 1. The van der Waals surface area contributed by atoms with E-state index in [-0.39, 0.29) is 18.7 Å². The number of hydrogen-bond acceptors (Lipinski definition) is 8. The first-order chi connectivity index (χ1) is 16.2. The molecule has 1 aromatic carbocycles. The van der Waals surface area contributed by atoms with Crippen molar-refractivity contribution < 1.29 is 14.3 Å². The minimum absolute atomic E-state index is 0.00855. The lowest BCUT2D eigenvalue weighted by atomic mass is 10.1. The first-order valence-corrected chi connectivity index (χ1v) is 11.1. The van der Waals surface area contributed by atoms with E-state index in [0.29, 0.717) is 18.9 Å². The number of carbonyl (C=O) groups is 1. The molecule has 1 saturated heterocycles. The third-order valence-corrected chi connectivity index (χ3v) is 5.80. The quantitative estimate of drug-likeness (QED) is 0.555. The highest BCUT2D eigenvalue weighted by Crippen LogP contribution is 2.32. The molecule has 0 bridgehead atoms. The summed E-state index contributed by atoms with van der Waals surface area (Å²) < 4.78 is 12.6. The minimum atomic E-state index is 0.00855. The number of hydrogen-bond donors (Lipinski definition) is 2. The number of aromatic nitrogens is 4. The highest BCUT2D eigenvalue weighted by atomic mass is 16.7. The Bertz CT molecular complexity index is 1120. The maximum Gasteiger partial charge on any atom is 0.237 e. The molecular weight excluding hydrogens is 422 g/mol. The number of carbonyl (C=O) groups excluding carboxylic acids is 1. The summed E-state index contributed by atoms with van der Waals surface area (Å²) in [6, 6.07) is 7.86. The standard InChI is InChI=1S/C23H27N7O3/c1-16-10-21(28-23(27-16)29-8-6-25-14-29)30-9-7-24-13-18(30)12-22(31)26-5-4-17-2-3-19-20(11-17)33-15-32-19/h2-3,6,8,10-11,14,18,24H,4-5,7,9,12-13,15H2,1H3,(H,26,31). The average molecular weight is 450 g/mol. The number of nitrogens with one attached hydrogen (secondary N) is 2. The molecule has 2 aliphatic rings. The zero-order valence-electron chi connectivity index (χ0n) is 18.5. The number of imidazole rings is 1. The van der Waals surface area contributed by atoms with Crippen molar-refractivity contribution in [1.82, 2.24) is 30.2 Å². The van der Waals surface area contributed by atoms with Gasteiger partial charge in [0.2, 0.25) is 18.6 Å². The zero-order valence-corrected chi connectivity index (χ0v) is 18.5. The Morgan fingerprint density at radius 3 is 3.03 bits per heavy atom. The van der Waals surface area contributed by atoms with Gasteiger partial charge in [0.25, 0.3) is 0 Å². The van der Waals surface area contributed by atoms with E-state index < -0.39 is 0 Å². The summed E-state index contributed by atoms with van der Waals surface area (Å²) in [7, 11) is 0. The molecule has 33 heavy (non-hydrogen) atoms. The van der Waals surface area contributed by atoms with Crippen molar-refractivity contribution in [1.29, 1.82) is 0 Å². The van der Waals surface area contributed by atoms with Crippen molar-refractivity contribution in [3.8, 4) is 17.4 Å². The Balaban J connectivity index is 1.21. The van der Waals surface area contributed by atoms with Crippen LogP contribution in [0.15, 0.2) is 43.0 Å². The molecule has 0 aliphatic carbocycles. The average Bonchev–Trinajstić information content (AvgIpc) is 3.51. The summed E-state index contributed by atoms with van der Waals surface area (Å²) in [5.74, 6) is 2.95. The smallest absolute Gasteiger partial charge is 0.237 e. The van der Waals surface area contributed by atoms with Crippen LogP contribution in [0.4, 0.5) is 5.82 Å². The van der Waals surface area contributed by atoms with Gasteiger partial charge in [-0.2, -0.15) is 4.98 Å². The predicted octanol–water partition coefficient (Wildman–Crippen LogP) is 1.23. The van der Waals surface area contributed by atoms with Crippen LogP contribution in [0, 0.1) is 6.92 Å². The molecule has 1 fully saturated rings. The fraction of sp³-hybridized carbons (Fsp3) is 0.391. The van der Waals surface area contributed by atoms with E-state index in [1.807, 2.05) is 37.4 Å². The van der Waals surface area contributed by atoms with Crippen LogP contribution in [0.5, 0.6) is 11.5 Å². The van der Waals surface area contributed by atoms with Crippen LogP contribution in [0.3, 0.4) is 0 Å². The molecule has 0 spiro atoms. The van der Waals surface area contributed by atoms with Gasteiger partial charge in [-0.1, -0.05) is 6.07 Å². The van der Waals surface area contributed by atoms with Crippen LogP contribution in [0.2, 0.25) is 0 Å². The highest BCUT2D eigenvalue weighted by molar-refractivity contribution is 5.77. The molecule has 2 N–H and O–H groups in total. The molecule has 2 aromatic heterocycles. The number of nitrogens with zero attached hydrogens (tertiary/aromatic N) is 5. The second kappa shape index (κ2) is 9.45. The zero-order chi connectivity index (χ0) is 22.6. The van der Waals surface area contributed by atoms with Gasteiger partial charge in [0.1, 0.15) is 12.1 Å². The van der Waals surface area contributed by atoms with Gasteiger partial charge in [-0.05, 0) is 31.0 Å². The largest absolute Gasteiger partial charge is 0.454 e. The molecule has 1 unspecified atom stereocenters. The number of anilines is 1. The Morgan fingerprint density at radius 1 is 1.24 bits per heavy atom. The SMILES string of the molecule is Cc1cc(N2CCNCC2CC(=O)NCCc2ccc3c(c2)OCO3)nc(-n2ccnc2)n1. The number of rotatable bonds is 7. The topological polar surface area (TPSA) is 106 Å². The van der Waals surface area contributed by atoms with E-state index in [1.165, 1.54) is 0 Å². The van der Waals surface area contributed by atoms with Gasteiger partial charge in [-0.3, -0.25) is 9.36 Å². The van der Waals surface area contributed by atoms with Crippen LogP contribution in [0.1, 0.15) is 17.7 Å². The van der Waals surface area contributed by atoms with Gasteiger partial charge in [-0.25, -0.2) is 9.97 Å². The Kier molecular flexibility index (Phi) is 6.07. The van der Waals surface area contributed by atoms with Crippen molar-refractivity contribution in [2.75, 3.05) is 37.9 Å². The lowest BCUT2D eigenvalue weighted by molar-refractivity contribution is -0.121. The van der Waals surface area contributed by atoms with Crippen LogP contribution in [-0.2, 0) is 11.2 Å². The monoisotopic (exact) mass is 449 g/mol. The fourth-order valence-electron chi connectivity index (χ4n) is 4.15. The first-order valence-electron chi connectivity index (χ1n) is 11.1. The molecule has 10 heteroatoms. The maximum absolute atomic E-state index is 12.7. The first kappa shape index (κ1) is 21.2. The van der Waals surface area contributed by atoms with Gasteiger partial charge in [-0.15, -0.1) is 0 Å². The lowest BCUT2D eigenvalue weighted by Gasteiger charge is -2.37. The molecule has 1 amide bonds. The lowest BCUT2D eigenvalue weighted by Crippen LogP contribution is -2.53. The molecule has 172 valence electrons. The molecule has 10 nitrogen and oxygen atoms in total. The summed E-state index contributed by atoms with van der Waals surface area (Å²) in [5.41, 5.74) is 1.97. The number of fused-ring (bicyclic) bond motifs is 1. The fourth-order valence-corrected chi connectivity index (χ4v) is 4.15. The molecule has 5 rings (SSSR count). The van der Waals surface area contributed by atoms with Gasteiger partial charge >= 0.3 is 0 Å². The molecule has 0 radical (unpaired) electrons. The molecule has 1 atom stereocenters. The van der Waals surface area contributed by atoms with Crippen molar-refractivity contribution in [2.45, 2.75) is 25.8 Å². The predicted molar refractivity (Wildman–Crippen MR) is 122 cm³/mol. The van der Waals surface area contributed by atoms with Crippen molar-refractivity contribution in [3.05, 3.63) is 54.2 Å². The Morgan fingerprint density at radius 2 is 2.15 bits per heavy atom. The molecule has 2 aliphatic heterocycles. The summed E-state index contributed by atoms with van der Waals surface area (Å²) in [4.78, 5) is 28.3. The van der Waals surface area contributed by atoms with E-state index in [2.05, 4.69) is 25.5 Å². The summed E-state index contributed by atoms with van der Waals surface area (Å²) in [5, 5.41) is 6.45. The van der Waals surface area contributed by atoms with Crippen LogP contribution >= 0.6 is 0 Å². The van der Waals surface area contributed by atoms with E-state index in [4.69, 9.17) is 14.5 Å². The van der Waals surface area contributed by atoms with Crippen LogP contribution < -0.4 is 25.0 Å². The van der Waals surface area contributed by atoms with Gasteiger partial charge < -0.3 is 25.0 Å². The molecule has 4 heterocycles. The van der Waals surface area contributed by atoms with E-state index in [0.717, 1.165) is 54.6 Å². The van der Waals surface area contributed by atoms with E-state index in [1.54, 1.807) is 17.1 Å². The number of aryl methyl sites for hydroxylation is 1. The second-order valence-electron chi connectivity index (χ2n) is 8.18. The summed E-state index contributed by atoms with van der Waals surface area (Å²) in [6.07, 6.45) is 6.32. The maximum atomic E-state index is 12.7. The molecular formula is C23H27N7O3. The molecule has 3 aromatic rings. The van der Waals surface area contributed by atoms with Crippen molar-refractivity contribution in [3.63, 3.8) is 0 Å². The number of amides is 1. The number of piperazine rings is 1. The normalized spacial score (nSPS) is 17.2. The minimum Gasteiger partial charge on any atom is -0.454 e. The summed E-state index contributed by atoms with van der Waals surface area (Å²) in [6.45, 7) is 5.11. The Labute approximate surface area is 192 Å². The van der Waals surface area contributed by atoms with Crippen LogP contribution in [-0.4, -0.2) is 64.4 Å². The van der Waals surface area contributed by atoms with E-state index >= 15 is 0 Å². The van der Waals surface area contributed by atoms with Crippen molar-refractivity contribution >= 4 is 11.7 Å². The third-order valence-electron chi connectivity index (χ3n) is 5.80. The van der Waals surface area contributed by atoms with Crippen molar-refractivity contribution in [2.24, 2.45) is 0 Å². The highest BCUT2D eigenvalue weighted by Gasteiger charge is 2.26. The summed E-state index contributed by atoms with van der Waals surface area (Å²) >= 11 is 0. The van der Waals surface area contributed by atoms with Crippen LogP contribution in [0.25, 0.3) is 5.95 Å². The van der Waals surface area contributed by atoms with Gasteiger partial charge in [0, 0.05) is 56.8 Å². The van der Waals surface area contributed by atoms with E-state index in [9.17, 15) is 4.79 Å². The third kappa shape index (κ3) is 4.90. The number of ether oxygens (including phenoxy) is 2. The Hall–Kier alpha value is -3.66.